The molecule has 0 aliphatic rings. The van der Waals surface area contributed by atoms with E-state index in [0.717, 1.165) is 38.3 Å². The van der Waals surface area contributed by atoms with Crippen molar-refractivity contribution < 1.29 is 14.3 Å². The maximum atomic E-state index is 13.1. The second-order valence-electron chi connectivity index (χ2n) is 7.15. The van der Waals surface area contributed by atoms with Crippen LogP contribution in [0, 0.1) is 0 Å². The highest BCUT2D eigenvalue weighted by Crippen LogP contribution is 2.34. The van der Waals surface area contributed by atoms with E-state index in [2.05, 4.69) is 4.90 Å². The summed E-state index contributed by atoms with van der Waals surface area (Å²) in [4.78, 5) is 22.9. The molecule has 1 aromatic heterocycles. The Balaban J connectivity index is 0.00000363. The second kappa shape index (κ2) is 12.9. The van der Waals surface area contributed by atoms with Crippen LogP contribution >= 0.6 is 35.5 Å². The number of para-hydroxylation sites is 1. The van der Waals surface area contributed by atoms with Crippen molar-refractivity contribution in [3.8, 4) is 11.5 Å². The number of hydrogen-bond acceptors (Lipinski definition) is 7. The Morgan fingerprint density at radius 1 is 1.12 bits per heavy atom. The summed E-state index contributed by atoms with van der Waals surface area (Å²) in [7, 11) is 5.67. The summed E-state index contributed by atoms with van der Waals surface area (Å²) in [5.74, 6) is 2.38. The van der Waals surface area contributed by atoms with Gasteiger partial charge in [-0.25, -0.2) is 4.98 Å². The first-order valence-corrected chi connectivity index (χ1v) is 12.1. The Labute approximate surface area is 204 Å². The van der Waals surface area contributed by atoms with E-state index in [0.29, 0.717) is 25.3 Å². The second-order valence-corrected chi connectivity index (χ2v) is 9.33. The first kappa shape index (κ1) is 26.3. The van der Waals surface area contributed by atoms with Gasteiger partial charge in [0.15, 0.2) is 5.13 Å². The van der Waals surface area contributed by atoms with Gasteiger partial charge in [-0.05, 0) is 57.4 Å². The third-order valence-electron chi connectivity index (χ3n) is 4.62. The van der Waals surface area contributed by atoms with E-state index >= 15 is 0 Å². The van der Waals surface area contributed by atoms with Gasteiger partial charge < -0.3 is 14.4 Å². The maximum absolute atomic E-state index is 13.1. The molecule has 0 aliphatic heterocycles. The number of aromatic nitrogens is 1. The van der Waals surface area contributed by atoms with Gasteiger partial charge >= 0.3 is 0 Å². The first-order chi connectivity index (χ1) is 15.0. The monoisotopic (exact) mass is 495 g/mol. The number of methoxy groups -OCH3 is 1. The van der Waals surface area contributed by atoms with Crippen LogP contribution < -0.4 is 14.4 Å². The molecule has 0 bridgehead atoms. The van der Waals surface area contributed by atoms with Gasteiger partial charge in [0.2, 0.25) is 5.91 Å². The minimum absolute atomic E-state index is 0. The number of fused-ring (bicyclic) bond motifs is 1. The average Bonchev–Trinajstić information content (AvgIpc) is 3.19. The van der Waals surface area contributed by atoms with Gasteiger partial charge in [-0.2, -0.15) is 0 Å². The summed E-state index contributed by atoms with van der Waals surface area (Å²) >= 11 is 3.20. The fraction of sp³-hybridized carbons (Fsp3) is 0.391. The van der Waals surface area contributed by atoms with E-state index in [4.69, 9.17) is 14.5 Å². The number of benzene rings is 2. The molecule has 0 spiro atoms. The molecule has 0 aliphatic carbocycles. The Hall–Kier alpha value is -2.00. The van der Waals surface area contributed by atoms with Crippen molar-refractivity contribution in [1.82, 2.24) is 9.88 Å². The van der Waals surface area contributed by atoms with Crippen LogP contribution in [0.25, 0.3) is 10.2 Å². The Bertz CT molecular complexity index is 996. The number of likely N-dealkylation sites (N-methyl/N-ethyl adjacent to an activating group) is 1. The molecule has 174 valence electrons. The van der Waals surface area contributed by atoms with Crippen molar-refractivity contribution in [3.63, 3.8) is 0 Å². The molecule has 2 aromatic carbocycles. The standard InChI is InChI=1S/C23H29N3O3S2.ClH/c1-5-29-19-7-6-8-20-22(19)24-23(31-20)26(15-14-25(2)3)21(27)13-16-30-18-11-9-17(28-4)10-12-18;/h6-12H,5,13-16H2,1-4H3;1H. The molecule has 1 heterocycles. The van der Waals surface area contributed by atoms with E-state index in [1.807, 2.05) is 68.4 Å². The Kier molecular flexibility index (Phi) is 10.6. The highest BCUT2D eigenvalue weighted by atomic mass is 35.5. The zero-order chi connectivity index (χ0) is 22.2. The number of thiazole rings is 1. The molecular formula is C23H30ClN3O3S2. The SMILES string of the molecule is CCOc1cccc2sc(N(CCN(C)C)C(=O)CCSc3ccc(OC)cc3)nc12.Cl. The number of ether oxygens (including phenoxy) is 2. The number of hydrogen-bond donors (Lipinski definition) is 0. The highest BCUT2D eigenvalue weighted by Gasteiger charge is 2.21. The topological polar surface area (TPSA) is 54.9 Å². The van der Waals surface area contributed by atoms with Crippen molar-refractivity contribution in [2.75, 3.05) is 51.6 Å². The molecule has 32 heavy (non-hydrogen) atoms. The lowest BCUT2D eigenvalue weighted by molar-refractivity contribution is -0.118. The molecule has 0 saturated carbocycles. The summed E-state index contributed by atoms with van der Waals surface area (Å²) in [6.45, 7) is 3.91. The lowest BCUT2D eigenvalue weighted by Crippen LogP contribution is -2.36. The smallest absolute Gasteiger partial charge is 0.229 e. The molecule has 0 atom stereocenters. The number of amides is 1. The van der Waals surface area contributed by atoms with Crippen molar-refractivity contribution in [2.45, 2.75) is 18.2 Å². The van der Waals surface area contributed by atoms with Crippen molar-refractivity contribution in [1.29, 1.82) is 0 Å². The van der Waals surface area contributed by atoms with Gasteiger partial charge in [-0.15, -0.1) is 24.2 Å². The number of carbonyl (C=O) groups is 1. The summed E-state index contributed by atoms with van der Waals surface area (Å²) in [6, 6.07) is 13.8. The van der Waals surface area contributed by atoms with Crippen LogP contribution in [-0.4, -0.2) is 62.4 Å². The van der Waals surface area contributed by atoms with Crippen LogP contribution in [0.3, 0.4) is 0 Å². The number of rotatable bonds is 11. The average molecular weight is 496 g/mol. The fourth-order valence-electron chi connectivity index (χ4n) is 2.99. The van der Waals surface area contributed by atoms with Crippen LogP contribution in [0.2, 0.25) is 0 Å². The van der Waals surface area contributed by atoms with Crippen LogP contribution in [0.15, 0.2) is 47.4 Å². The zero-order valence-corrected chi connectivity index (χ0v) is 21.3. The number of nitrogens with zero attached hydrogens (tertiary/aromatic N) is 3. The van der Waals surface area contributed by atoms with Crippen molar-refractivity contribution >= 4 is 56.8 Å². The lowest BCUT2D eigenvalue weighted by Gasteiger charge is -2.22. The molecule has 0 saturated heterocycles. The Morgan fingerprint density at radius 3 is 2.53 bits per heavy atom. The van der Waals surface area contributed by atoms with Crippen molar-refractivity contribution in [2.24, 2.45) is 0 Å². The van der Waals surface area contributed by atoms with E-state index < -0.39 is 0 Å². The van der Waals surface area contributed by atoms with Crippen LogP contribution in [0.1, 0.15) is 13.3 Å². The quantitative estimate of drug-likeness (QED) is 0.341. The van der Waals surface area contributed by atoms with Crippen LogP contribution in [0.4, 0.5) is 5.13 Å². The minimum Gasteiger partial charge on any atom is -0.497 e. The summed E-state index contributed by atoms with van der Waals surface area (Å²) < 4.78 is 11.9. The molecule has 0 fully saturated rings. The fourth-order valence-corrected chi connectivity index (χ4v) is 4.86. The van der Waals surface area contributed by atoms with Gasteiger partial charge in [0.25, 0.3) is 0 Å². The van der Waals surface area contributed by atoms with Gasteiger partial charge in [-0.3, -0.25) is 9.69 Å². The minimum atomic E-state index is 0. The van der Waals surface area contributed by atoms with E-state index in [9.17, 15) is 4.79 Å². The maximum Gasteiger partial charge on any atom is 0.229 e. The molecular weight excluding hydrogens is 466 g/mol. The summed E-state index contributed by atoms with van der Waals surface area (Å²) in [5.41, 5.74) is 0.819. The molecule has 9 heteroatoms. The third-order valence-corrected chi connectivity index (χ3v) is 6.67. The third kappa shape index (κ3) is 7.00. The highest BCUT2D eigenvalue weighted by molar-refractivity contribution is 7.99. The van der Waals surface area contributed by atoms with E-state index in [1.165, 1.54) is 11.3 Å². The predicted molar refractivity (Wildman–Crippen MR) is 137 cm³/mol. The number of carbonyl (C=O) groups excluding carboxylic acids is 1. The number of anilines is 1. The molecule has 3 rings (SSSR count). The van der Waals surface area contributed by atoms with Crippen LogP contribution in [-0.2, 0) is 4.79 Å². The molecule has 6 nitrogen and oxygen atoms in total. The molecule has 1 amide bonds. The lowest BCUT2D eigenvalue weighted by atomic mass is 10.3. The zero-order valence-electron chi connectivity index (χ0n) is 18.9. The summed E-state index contributed by atoms with van der Waals surface area (Å²) in [5, 5.41) is 0.725. The largest absolute Gasteiger partial charge is 0.497 e. The molecule has 3 aromatic rings. The van der Waals surface area contributed by atoms with Gasteiger partial charge in [0, 0.05) is 30.2 Å². The van der Waals surface area contributed by atoms with Crippen LogP contribution in [0.5, 0.6) is 11.5 Å². The summed E-state index contributed by atoms with van der Waals surface area (Å²) in [6.07, 6.45) is 0.443. The van der Waals surface area contributed by atoms with E-state index in [1.54, 1.807) is 18.9 Å². The molecule has 0 N–H and O–H groups in total. The first-order valence-electron chi connectivity index (χ1n) is 10.3. The number of thioether (sulfide) groups is 1. The predicted octanol–water partition coefficient (Wildman–Crippen LogP) is 5.20. The number of halogens is 1. The van der Waals surface area contributed by atoms with Gasteiger partial charge in [0.1, 0.15) is 17.0 Å². The molecule has 0 unspecified atom stereocenters. The van der Waals surface area contributed by atoms with Gasteiger partial charge in [0.05, 0.1) is 18.4 Å². The van der Waals surface area contributed by atoms with E-state index in [-0.39, 0.29) is 18.3 Å². The van der Waals surface area contributed by atoms with Gasteiger partial charge in [-0.1, -0.05) is 17.4 Å². The van der Waals surface area contributed by atoms with Crippen molar-refractivity contribution in [3.05, 3.63) is 42.5 Å². The molecule has 0 radical (unpaired) electrons. The normalized spacial score (nSPS) is 10.8. The Morgan fingerprint density at radius 2 is 1.88 bits per heavy atom.